The summed E-state index contributed by atoms with van der Waals surface area (Å²) < 4.78 is 0. The number of hydrogen-bond acceptors (Lipinski definition) is 6. The monoisotopic (exact) mass is 526 g/mol. The van der Waals surface area contributed by atoms with Gasteiger partial charge in [0, 0.05) is 25.9 Å². The summed E-state index contributed by atoms with van der Waals surface area (Å²) in [5.41, 5.74) is 0.699. The summed E-state index contributed by atoms with van der Waals surface area (Å²) in [7, 11) is 0. The normalized spacial score (nSPS) is 28.8. The van der Waals surface area contributed by atoms with E-state index >= 15 is 0 Å². The zero-order chi connectivity index (χ0) is 26.8. The Balaban J connectivity index is 1.25. The van der Waals surface area contributed by atoms with Gasteiger partial charge in [-0.15, -0.1) is 0 Å². The minimum atomic E-state index is -0.671. The quantitative estimate of drug-likeness (QED) is 0.297. The van der Waals surface area contributed by atoms with Gasteiger partial charge in [-0.05, 0) is 49.9 Å². The second kappa shape index (κ2) is 11.0. The number of quaternary nitrogens is 2. The van der Waals surface area contributed by atoms with Gasteiger partial charge < -0.3 is 21.3 Å². The van der Waals surface area contributed by atoms with E-state index in [4.69, 9.17) is 0 Å². The number of nitrogens with one attached hydrogen (secondary N) is 2. The third-order valence-electron chi connectivity index (χ3n) is 7.81. The molecule has 202 valence electrons. The highest BCUT2D eigenvalue weighted by Gasteiger charge is 2.46. The maximum Gasteiger partial charge on any atom is 0.292 e. The molecule has 4 atom stereocenters. The molecule has 38 heavy (non-hydrogen) atoms. The maximum atomic E-state index is 13.1. The summed E-state index contributed by atoms with van der Waals surface area (Å²) in [6.45, 7) is 1.24. The predicted molar refractivity (Wildman–Crippen MR) is 133 cm³/mol. The van der Waals surface area contributed by atoms with Crippen molar-refractivity contribution in [3.05, 3.63) is 24.3 Å². The van der Waals surface area contributed by atoms with Gasteiger partial charge in [0.25, 0.3) is 23.6 Å². The second-order valence-corrected chi connectivity index (χ2v) is 10.4. The van der Waals surface area contributed by atoms with E-state index in [2.05, 4.69) is 10.6 Å². The Labute approximate surface area is 219 Å². The molecular formula is C26H34N6O6+2. The molecule has 12 heteroatoms. The Morgan fingerprint density at radius 2 is 0.974 bits per heavy atom. The van der Waals surface area contributed by atoms with Crippen LogP contribution in [-0.2, 0) is 28.8 Å². The Bertz CT molecular complexity index is 1060. The van der Waals surface area contributed by atoms with E-state index in [1.807, 2.05) is 0 Å². The van der Waals surface area contributed by atoms with Crippen molar-refractivity contribution in [1.29, 1.82) is 0 Å². The Kier molecular flexibility index (Phi) is 7.52. The molecule has 12 nitrogen and oxygen atoms in total. The smallest absolute Gasteiger partial charge is 0.292 e. The first-order valence-electron chi connectivity index (χ1n) is 13.4. The first-order valence-corrected chi connectivity index (χ1v) is 13.4. The van der Waals surface area contributed by atoms with Gasteiger partial charge in [-0.2, -0.15) is 0 Å². The van der Waals surface area contributed by atoms with E-state index in [0.29, 0.717) is 37.3 Å². The van der Waals surface area contributed by atoms with Gasteiger partial charge in [-0.1, -0.05) is 0 Å². The second-order valence-electron chi connectivity index (χ2n) is 10.4. The molecule has 1 aromatic rings. The predicted octanol–water partition coefficient (Wildman–Crippen LogP) is -2.59. The van der Waals surface area contributed by atoms with E-state index in [9.17, 15) is 28.8 Å². The number of benzene rings is 1. The van der Waals surface area contributed by atoms with Gasteiger partial charge in [0.05, 0.1) is 24.2 Å². The highest BCUT2D eigenvalue weighted by molar-refractivity contribution is 6.23. The molecule has 4 fully saturated rings. The molecule has 6 amide bonds. The summed E-state index contributed by atoms with van der Waals surface area (Å²) in [5, 5.41) is 9.09. The molecule has 0 bridgehead atoms. The third-order valence-corrected chi connectivity index (χ3v) is 7.81. The van der Waals surface area contributed by atoms with Gasteiger partial charge >= 0.3 is 0 Å². The number of hydrogen-bond donors (Lipinski definition) is 4. The van der Waals surface area contributed by atoms with Crippen molar-refractivity contribution in [3.63, 3.8) is 0 Å². The molecule has 4 saturated heterocycles. The lowest BCUT2D eigenvalue weighted by molar-refractivity contribution is -0.696. The van der Waals surface area contributed by atoms with Crippen molar-refractivity contribution in [2.75, 3.05) is 22.9 Å². The van der Waals surface area contributed by atoms with Crippen LogP contribution < -0.4 is 31.1 Å². The van der Waals surface area contributed by atoms with E-state index < -0.39 is 24.2 Å². The van der Waals surface area contributed by atoms with Gasteiger partial charge in [0.1, 0.15) is 0 Å². The highest BCUT2D eigenvalue weighted by atomic mass is 16.2. The van der Waals surface area contributed by atoms with Gasteiger partial charge in [-0.3, -0.25) is 28.8 Å². The van der Waals surface area contributed by atoms with Gasteiger partial charge in [0.2, 0.25) is 11.8 Å². The highest BCUT2D eigenvalue weighted by Crippen LogP contribution is 2.27. The minimum Gasteiger partial charge on any atom is -0.351 e. The lowest BCUT2D eigenvalue weighted by atomic mass is 10.1. The van der Waals surface area contributed by atoms with Crippen LogP contribution in [-0.4, -0.2) is 72.7 Å². The van der Waals surface area contributed by atoms with Crippen molar-refractivity contribution >= 4 is 46.8 Å². The van der Waals surface area contributed by atoms with Crippen LogP contribution in [0, 0.1) is 0 Å². The number of nitrogens with zero attached hydrogens (tertiary/aromatic N) is 2. The Hall–Kier alpha value is -3.64. The molecule has 6 N–H and O–H groups in total. The van der Waals surface area contributed by atoms with Crippen LogP contribution in [0.4, 0.5) is 11.4 Å². The third kappa shape index (κ3) is 5.18. The summed E-state index contributed by atoms with van der Waals surface area (Å²) in [4.78, 5) is 78.5. The number of rotatable bonds is 6. The van der Waals surface area contributed by atoms with Crippen molar-refractivity contribution in [1.82, 2.24) is 10.6 Å². The summed E-state index contributed by atoms with van der Waals surface area (Å²) in [5.74, 6) is -1.71. The van der Waals surface area contributed by atoms with Gasteiger partial charge in [0.15, 0.2) is 24.2 Å². The van der Waals surface area contributed by atoms with E-state index in [1.54, 1.807) is 34.9 Å². The van der Waals surface area contributed by atoms with Crippen LogP contribution in [0.3, 0.4) is 0 Å². The first kappa shape index (κ1) is 26.0. The van der Waals surface area contributed by atoms with Crippen LogP contribution in [0.1, 0.15) is 51.4 Å². The molecule has 0 radical (unpaired) electrons. The molecule has 0 aliphatic carbocycles. The molecule has 5 rings (SSSR count). The molecule has 0 aromatic heterocycles. The Morgan fingerprint density at radius 3 is 1.37 bits per heavy atom. The van der Waals surface area contributed by atoms with Crippen LogP contribution in [0.2, 0.25) is 0 Å². The number of imide groups is 2. The average molecular weight is 527 g/mol. The molecule has 1 aromatic carbocycles. The maximum absolute atomic E-state index is 13.1. The lowest BCUT2D eigenvalue weighted by Gasteiger charge is -2.19. The minimum absolute atomic E-state index is 0.000277. The molecular weight excluding hydrogens is 492 g/mol. The fourth-order valence-electron chi connectivity index (χ4n) is 5.76. The summed E-state index contributed by atoms with van der Waals surface area (Å²) >= 11 is 0. The van der Waals surface area contributed by atoms with E-state index in [0.717, 1.165) is 35.5 Å². The Morgan fingerprint density at radius 1 is 0.579 bits per heavy atom. The van der Waals surface area contributed by atoms with Crippen molar-refractivity contribution in [3.8, 4) is 0 Å². The molecule has 4 heterocycles. The van der Waals surface area contributed by atoms with E-state index in [-0.39, 0.29) is 48.3 Å². The summed E-state index contributed by atoms with van der Waals surface area (Å²) in [6.07, 6.45) is 4.84. The number of anilines is 2. The topological polar surface area (TPSA) is 166 Å². The lowest BCUT2D eigenvalue weighted by Crippen LogP contribution is -2.98. The number of carbonyl (C=O) groups excluding carboxylic acids is 6. The SMILES string of the molecule is O=C1NCCCC[C@@H]1[NH2+][C@H]1CC(=O)N(c2ccc(N3C(=O)C[C@H]([NH2+][C@@H]4CCCCNC4=O)C3=O)cc2)C1=O. The molecule has 0 unspecified atom stereocenters. The van der Waals surface area contributed by atoms with Crippen LogP contribution >= 0.6 is 0 Å². The molecule has 4 aliphatic heterocycles. The standard InChI is InChI=1S/C26H32N6O6/c33-21-13-19(29-17-5-1-3-11-27-23(17)35)25(37)31(21)15-7-9-16(10-8-15)32-22(34)14-20(26(32)38)30-18-6-2-4-12-28-24(18)36/h7-10,17-20,29-30H,1-6,11-14H2,(H,27,35)(H,28,36)/p+2/t17-,18+,19-,20-/m0/s1. The average Bonchev–Trinajstić information content (AvgIpc) is 3.12. The van der Waals surface area contributed by atoms with Crippen molar-refractivity contribution < 1.29 is 39.4 Å². The van der Waals surface area contributed by atoms with Crippen LogP contribution in [0.15, 0.2) is 24.3 Å². The number of amides is 6. The van der Waals surface area contributed by atoms with Crippen LogP contribution in [0.5, 0.6) is 0 Å². The zero-order valence-corrected chi connectivity index (χ0v) is 21.2. The van der Waals surface area contributed by atoms with Crippen molar-refractivity contribution in [2.45, 2.75) is 75.5 Å². The first-order chi connectivity index (χ1) is 18.3. The summed E-state index contributed by atoms with van der Waals surface area (Å²) in [6, 6.07) is 4.03. The molecule has 0 spiro atoms. The molecule has 0 saturated carbocycles. The fourth-order valence-corrected chi connectivity index (χ4v) is 5.76. The fraction of sp³-hybridized carbons (Fsp3) is 0.538. The van der Waals surface area contributed by atoms with Gasteiger partial charge in [-0.25, -0.2) is 9.80 Å². The number of carbonyl (C=O) groups is 6. The van der Waals surface area contributed by atoms with Crippen LogP contribution in [0.25, 0.3) is 0 Å². The zero-order valence-electron chi connectivity index (χ0n) is 21.2. The van der Waals surface area contributed by atoms with E-state index in [1.165, 1.54) is 0 Å². The van der Waals surface area contributed by atoms with Crippen molar-refractivity contribution in [2.24, 2.45) is 0 Å². The number of nitrogens with two attached hydrogens (primary N) is 2. The molecule has 4 aliphatic rings. The largest absolute Gasteiger partial charge is 0.351 e.